The zero-order valence-electron chi connectivity index (χ0n) is 8.28. The molecule has 2 aliphatic rings. The summed E-state index contributed by atoms with van der Waals surface area (Å²) in [6.45, 7) is 0. The van der Waals surface area contributed by atoms with E-state index in [0.29, 0.717) is 12.3 Å². The van der Waals surface area contributed by atoms with Crippen molar-refractivity contribution in [1.82, 2.24) is 5.01 Å². The summed E-state index contributed by atoms with van der Waals surface area (Å²) in [6, 6.07) is 0. The first-order valence-corrected chi connectivity index (χ1v) is 5.23. The largest absolute Gasteiger partial charge is 0.273 e. The highest BCUT2D eigenvalue weighted by Gasteiger charge is 2.24. The van der Waals surface area contributed by atoms with Gasteiger partial charge in [-0.25, -0.2) is 5.84 Å². The standard InChI is InChI=1S/C11H16N2O/c12-13-10-7-3-1-5-9(10)6-2-4-8-11(13)14/h1,3,7,9H,2,4-6,8,12H2. The molecule has 1 amide bonds. The number of carbonyl (C=O) groups is 1. The zero-order valence-corrected chi connectivity index (χ0v) is 8.28. The molecule has 1 saturated heterocycles. The van der Waals surface area contributed by atoms with Gasteiger partial charge in [0, 0.05) is 18.0 Å². The highest BCUT2D eigenvalue weighted by atomic mass is 16.2. The smallest absolute Gasteiger partial charge is 0.240 e. The predicted octanol–water partition coefficient (Wildman–Crippen LogP) is 1.72. The molecule has 1 atom stereocenters. The van der Waals surface area contributed by atoms with Crippen LogP contribution in [-0.2, 0) is 4.79 Å². The Morgan fingerprint density at radius 2 is 2.29 bits per heavy atom. The van der Waals surface area contributed by atoms with Crippen LogP contribution in [0.3, 0.4) is 0 Å². The minimum Gasteiger partial charge on any atom is -0.273 e. The molecule has 3 heteroatoms. The van der Waals surface area contributed by atoms with Gasteiger partial charge in [-0.05, 0) is 25.3 Å². The number of rotatable bonds is 0. The molecule has 76 valence electrons. The van der Waals surface area contributed by atoms with E-state index in [1.54, 1.807) is 0 Å². The van der Waals surface area contributed by atoms with Crippen LogP contribution in [0.1, 0.15) is 32.1 Å². The topological polar surface area (TPSA) is 46.3 Å². The van der Waals surface area contributed by atoms with Gasteiger partial charge in [0.25, 0.3) is 0 Å². The first-order chi connectivity index (χ1) is 6.79. The molecule has 1 unspecified atom stereocenters. The number of hydrazine groups is 1. The second-order valence-electron chi connectivity index (χ2n) is 3.96. The van der Waals surface area contributed by atoms with Crippen molar-refractivity contribution in [3.8, 4) is 0 Å². The summed E-state index contributed by atoms with van der Waals surface area (Å²) in [4.78, 5) is 11.6. The van der Waals surface area contributed by atoms with Gasteiger partial charge in [0.1, 0.15) is 0 Å². The Morgan fingerprint density at radius 3 is 3.14 bits per heavy atom. The molecular formula is C11H16N2O. The molecule has 0 aromatic carbocycles. The van der Waals surface area contributed by atoms with Crippen molar-refractivity contribution in [2.24, 2.45) is 11.8 Å². The number of nitrogens with zero attached hydrogens (tertiary/aromatic N) is 1. The second-order valence-corrected chi connectivity index (χ2v) is 3.96. The van der Waals surface area contributed by atoms with Gasteiger partial charge >= 0.3 is 0 Å². The Bertz CT molecular complexity index is 294. The summed E-state index contributed by atoms with van der Waals surface area (Å²) in [5, 5.41) is 1.35. The minimum atomic E-state index is 0.0521. The number of carbonyl (C=O) groups excluding carboxylic acids is 1. The van der Waals surface area contributed by atoms with Gasteiger partial charge in [-0.3, -0.25) is 9.80 Å². The molecular weight excluding hydrogens is 176 g/mol. The van der Waals surface area contributed by atoms with E-state index in [-0.39, 0.29) is 5.91 Å². The summed E-state index contributed by atoms with van der Waals surface area (Å²) in [5.74, 6) is 6.29. The predicted molar refractivity (Wildman–Crippen MR) is 54.8 cm³/mol. The number of allylic oxidation sites excluding steroid dienone is 4. The van der Waals surface area contributed by atoms with Crippen LogP contribution in [0.25, 0.3) is 0 Å². The molecule has 3 nitrogen and oxygen atoms in total. The summed E-state index contributed by atoms with van der Waals surface area (Å²) in [7, 11) is 0. The first-order valence-electron chi connectivity index (χ1n) is 5.23. The van der Waals surface area contributed by atoms with E-state index in [1.807, 2.05) is 12.2 Å². The molecule has 1 aliphatic heterocycles. The molecule has 0 saturated carbocycles. The molecule has 0 radical (unpaired) electrons. The lowest BCUT2D eigenvalue weighted by Crippen LogP contribution is -2.40. The number of nitrogens with two attached hydrogens (primary N) is 1. The SMILES string of the molecule is NN1C(=O)CCCCC2CC=CC=C21. The van der Waals surface area contributed by atoms with Crippen molar-refractivity contribution in [3.63, 3.8) is 0 Å². The van der Waals surface area contributed by atoms with Gasteiger partial charge in [-0.15, -0.1) is 0 Å². The number of amides is 1. The molecule has 1 heterocycles. The van der Waals surface area contributed by atoms with Gasteiger partial charge < -0.3 is 0 Å². The summed E-state index contributed by atoms with van der Waals surface area (Å²) >= 11 is 0. The van der Waals surface area contributed by atoms with Crippen LogP contribution >= 0.6 is 0 Å². The van der Waals surface area contributed by atoms with E-state index < -0.39 is 0 Å². The van der Waals surface area contributed by atoms with Crippen LogP contribution < -0.4 is 5.84 Å². The Morgan fingerprint density at radius 1 is 1.43 bits per heavy atom. The maximum atomic E-state index is 11.6. The third-order valence-corrected chi connectivity index (χ3v) is 2.98. The Balaban J connectivity index is 2.22. The van der Waals surface area contributed by atoms with Crippen LogP contribution in [0.15, 0.2) is 23.9 Å². The van der Waals surface area contributed by atoms with E-state index in [1.165, 1.54) is 5.01 Å². The average Bonchev–Trinajstić information content (AvgIpc) is 2.22. The lowest BCUT2D eigenvalue weighted by molar-refractivity contribution is -0.130. The number of fused-ring (bicyclic) bond motifs is 1. The van der Waals surface area contributed by atoms with E-state index in [4.69, 9.17) is 5.84 Å². The summed E-state index contributed by atoms with van der Waals surface area (Å²) in [5.41, 5.74) is 0.997. The van der Waals surface area contributed by atoms with Crippen molar-refractivity contribution >= 4 is 5.91 Å². The Kier molecular flexibility index (Phi) is 2.68. The van der Waals surface area contributed by atoms with Crippen molar-refractivity contribution in [2.45, 2.75) is 32.1 Å². The molecule has 2 rings (SSSR count). The quantitative estimate of drug-likeness (QED) is 0.469. The van der Waals surface area contributed by atoms with Gasteiger partial charge in [0.15, 0.2) is 0 Å². The van der Waals surface area contributed by atoms with E-state index in [9.17, 15) is 4.79 Å². The van der Waals surface area contributed by atoms with Crippen LogP contribution in [0.4, 0.5) is 0 Å². The van der Waals surface area contributed by atoms with Gasteiger partial charge in [0.2, 0.25) is 5.91 Å². The molecule has 0 spiro atoms. The van der Waals surface area contributed by atoms with Gasteiger partial charge in [-0.1, -0.05) is 18.6 Å². The minimum absolute atomic E-state index is 0.0521. The molecule has 14 heavy (non-hydrogen) atoms. The van der Waals surface area contributed by atoms with Crippen LogP contribution in [0, 0.1) is 5.92 Å². The van der Waals surface area contributed by atoms with Crippen LogP contribution in [0.2, 0.25) is 0 Å². The van der Waals surface area contributed by atoms with E-state index in [2.05, 4.69) is 6.08 Å². The molecule has 2 N–H and O–H groups in total. The van der Waals surface area contributed by atoms with Crippen molar-refractivity contribution in [2.75, 3.05) is 0 Å². The molecule has 0 bridgehead atoms. The third-order valence-electron chi connectivity index (χ3n) is 2.98. The van der Waals surface area contributed by atoms with Gasteiger partial charge in [0.05, 0.1) is 0 Å². The molecule has 1 fully saturated rings. The maximum Gasteiger partial charge on any atom is 0.240 e. The van der Waals surface area contributed by atoms with E-state index in [0.717, 1.165) is 31.4 Å². The number of hydrogen-bond donors (Lipinski definition) is 1. The van der Waals surface area contributed by atoms with E-state index >= 15 is 0 Å². The van der Waals surface area contributed by atoms with Crippen LogP contribution in [-0.4, -0.2) is 10.9 Å². The average molecular weight is 192 g/mol. The fraction of sp³-hybridized carbons (Fsp3) is 0.545. The molecule has 0 aromatic rings. The fourth-order valence-corrected chi connectivity index (χ4v) is 2.14. The fourth-order valence-electron chi connectivity index (χ4n) is 2.14. The Hall–Kier alpha value is -1.09. The third kappa shape index (κ3) is 1.73. The highest BCUT2D eigenvalue weighted by molar-refractivity contribution is 5.77. The first kappa shape index (κ1) is 9.46. The Labute approximate surface area is 84.2 Å². The second kappa shape index (κ2) is 3.96. The maximum absolute atomic E-state index is 11.6. The lowest BCUT2D eigenvalue weighted by Gasteiger charge is -2.30. The molecule has 0 aromatic heterocycles. The normalized spacial score (nSPS) is 27.8. The molecule has 1 aliphatic carbocycles. The van der Waals surface area contributed by atoms with Crippen molar-refractivity contribution < 1.29 is 4.79 Å². The monoisotopic (exact) mass is 192 g/mol. The summed E-state index contributed by atoms with van der Waals surface area (Å²) < 4.78 is 0. The lowest BCUT2D eigenvalue weighted by atomic mass is 9.89. The van der Waals surface area contributed by atoms with Crippen molar-refractivity contribution in [3.05, 3.63) is 23.9 Å². The van der Waals surface area contributed by atoms with Crippen LogP contribution in [0.5, 0.6) is 0 Å². The highest BCUT2D eigenvalue weighted by Crippen LogP contribution is 2.29. The number of hydrogen-bond acceptors (Lipinski definition) is 2. The zero-order chi connectivity index (χ0) is 9.97. The van der Waals surface area contributed by atoms with Crippen molar-refractivity contribution in [1.29, 1.82) is 0 Å². The summed E-state index contributed by atoms with van der Waals surface area (Å²) in [6.07, 6.45) is 11.0. The van der Waals surface area contributed by atoms with Gasteiger partial charge in [-0.2, -0.15) is 0 Å².